The molecule has 1 atom stereocenters. The van der Waals surface area contributed by atoms with E-state index in [0.29, 0.717) is 32.9 Å². The van der Waals surface area contributed by atoms with Gasteiger partial charge in [-0.05, 0) is 54.4 Å². The monoisotopic (exact) mass is 561 g/mol. The van der Waals surface area contributed by atoms with Crippen LogP contribution in [0.4, 0.5) is 11.4 Å². The molecule has 5 nitrogen and oxygen atoms in total. The van der Waals surface area contributed by atoms with Crippen molar-refractivity contribution in [1.82, 2.24) is 0 Å². The van der Waals surface area contributed by atoms with Crippen LogP contribution in [-0.2, 0) is 16.0 Å². The van der Waals surface area contributed by atoms with Gasteiger partial charge in [0.05, 0.1) is 15.3 Å². The zero-order valence-electron chi connectivity index (χ0n) is 17.8. The molecule has 3 aromatic carbocycles. The molecule has 1 fully saturated rings. The molecule has 0 spiro atoms. The fourth-order valence-corrected chi connectivity index (χ4v) is 5.53. The first-order valence-corrected chi connectivity index (χ1v) is 12.6. The number of hydrogen-bond donors (Lipinski definition) is 1. The normalized spacial score (nSPS) is 16.7. The second kappa shape index (κ2) is 10.9. The molecule has 1 saturated heterocycles. The number of carbonyl (C=O) groups excluding carboxylic acids is 2. The lowest BCUT2D eigenvalue weighted by Crippen LogP contribution is -2.30. The van der Waals surface area contributed by atoms with Gasteiger partial charge in [0.1, 0.15) is 16.7 Å². The van der Waals surface area contributed by atoms with E-state index in [1.54, 1.807) is 48.5 Å². The predicted octanol–water partition coefficient (Wildman–Crippen LogP) is 7.37. The molecule has 4 rings (SSSR count). The quantitative estimate of drug-likeness (QED) is 0.260. The van der Waals surface area contributed by atoms with Gasteiger partial charge in [-0.15, -0.1) is 0 Å². The summed E-state index contributed by atoms with van der Waals surface area (Å²) in [6.07, 6.45) is 0.291. The van der Waals surface area contributed by atoms with Gasteiger partial charge in [-0.3, -0.25) is 14.5 Å². The number of hydrogen-bond acceptors (Lipinski definition) is 4. The van der Waals surface area contributed by atoms with Crippen molar-refractivity contribution in [1.29, 1.82) is 5.26 Å². The highest BCUT2D eigenvalue weighted by Gasteiger charge is 2.41. The fraction of sp³-hybridized carbons (Fsp3) is 0.0800. The van der Waals surface area contributed by atoms with Crippen molar-refractivity contribution in [2.45, 2.75) is 11.7 Å². The standard InChI is InChI=1S/C25H15Cl4N3O2S/c26-15-7-6-14(20(28)11-15)10-22-24(34)32(17-4-2-1-3-5-17)25(35-22)18(13-30)23(33)31-16-8-9-19(27)21(29)12-16/h1-9,11-12,22H,10H2,(H,31,33)/b25-18-. The number of halogens is 4. The second-order valence-corrected chi connectivity index (χ2v) is 10.3. The Balaban J connectivity index is 1.72. The average Bonchev–Trinajstić information content (AvgIpc) is 3.14. The van der Waals surface area contributed by atoms with Crippen molar-refractivity contribution in [3.05, 3.63) is 103 Å². The van der Waals surface area contributed by atoms with Crippen LogP contribution in [0.25, 0.3) is 0 Å². The van der Waals surface area contributed by atoms with Gasteiger partial charge in [-0.25, -0.2) is 0 Å². The van der Waals surface area contributed by atoms with E-state index in [-0.39, 0.29) is 21.5 Å². The third-order valence-corrected chi connectivity index (χ3v) is 7.71. The van der Waals surface area contributed by atoms with E-state index >= 15 is 0 Å². The number of para-hydroxylation sites is 1. The predicted molar refractivity (Wildman–Crippen MR) is 143 cm³/mol. The fourth-order valence-electron chi connectivity index (χ4n) is 3.45. The van der Waals surface area contributed by atoms with Gasteiger partial charge in [-0.1, -0.05) is 82.4 Å². The maximum atomic E-state index is 13.5. The molecular weight excluding hydrogens is 548 g/mol. The number of nitrogens with zero attached hydrogens (tertiary/aromatic N) is 2. The maximum absolute atomic E-state index is 13.5. The summed E-state index contributed by atoms with van der Waals surface area (Å²) in [6.45, 7) is 0. The molecule has 1 unspecified atom stereocenters. The molecular formula is C25H15Cl4N3O2S. The summed E-state index contributed by atoms with van der Waals surface area (Å²) in [5, 5.41) is 13.7. The van der Waals surface area contributed by atoms with E-state index in [1.807, 2.05) is 12.1 Å². The second-order valence-electron chi connectivity index (χ2n) is 7.43. The molecule has 176 valence electrons. The summed E-state index contributed by atoms with van der Waals surface area (Å²) >= 11 is 25.5. The van der Waals surface area contributed by atoms with E-state index in [2.05, 4.69) is 5.32 Å². The lowest BCUT2D eigenvalue weighted by atomic mass is 10.1. The van der Waals surface area contributed by atoms with Crippen molar-refractivity contribution in [3.63, 3.8) is 0 Å². The molecule has 1 aliphatic heterocycles. The molecule has 0 aliphatic carbocycles. The van der Waals surface area contributed by atoms with Gasteiger partial charge >= 0.3 is 0 Å². The average molecular weight is 563 g/mol. The van der Waals surface area contributed by atoms with E-state index in [1.165, 1.54) is 17.0 Å². The number of rotatable bonds is 5. The summed E-state index contributed by atoms with van der Waals surface area (Å²) in [7, 11) is 0. The summed E-state index contributed by atoms with van der Waals surface area (Å²) in [5.41, 5.74) is 1.43. The topological polar surface area (TPSA) is 73.2 Å². The first-order chi connectivity index (χ1) is 16.8. The van der Waals surface area contributed by atoms with Crippen LogP contribution in [-0.4, -0.2) is 17.1 Å². The number of anilines is 2. The van der Waals surface area contributed by atoms with E-state index in [4.69, 9.17) is 46.4 Å². The Morgan fingerprint density at radius 3 is 2.37 bits per heavy atom. The van der Waals surface area contributed by atoms with E-state index < -0.39 is 11.2 Å². The SMILES string of the molecule is N#C/C(C(=O)Nc1ccc(Cl)c(Cl)c1)=C1/SC(Cc2ccc(Cl)cc2Cl)C(=O)N1c1ccccc1. The minimum Gasteiger partial charge on any atom is -0.321 e. The van der Waals surface area contributed by atoms with Gasteiger partial charge in [0.25, 0.3) is 5.91 Å². The number of nitriles is 1. The Kier molecular flexibility index (Phi) is 7.95. The smallest absolute Gasteiger partial charge is 0.269 e. The van der Waals surface area contributed by atoms with Gasteiger partial charge in [0.15, 0.2) is 0 Å². The molecule has 0 bridgehead atoms. The summed E-state index contributed by atoms with van der Waals surface area (Å²) in [4.78, 5) is 28.0. The molecule has 10 heteroatoms. The van der Waals surface area contributed by atoms with Gasteiger partial charge in [0.2, 0.25) is 5.91 Å². The Hall–Kier alpha value is -2.66. The first kappa shape index (κ1) is 25.4. The highest BCUT2D eigenvalue weighted by molar-refractivity contribution is 8.05. The summed E-state index contributed by atoms with van der Waals surface area (Å²) < 4.78 is 0. The summed E-state index contributed by atoms with van der Waals surface area (Å²) in [6, 6.07) is 20.5. The van der Waals surface area contributed by atoms with Crippen LogP contribution in [0.5, 0.6) is 0 Å². The van der Waals surface area contributed by atoms with Gasteiger partial charge < -0.3 is 5.32 Å². The lowest BCUT2D eigenvalue weighted by molar-refractivity contribution is -0.117. The molecule has 0 aromatic heterocycles. The Bertz CT molecular complexity index is 1390. The largest absolute Gasteiger partial charge is 0.321 e. The minimum absolute atomic E-state index is 0.206. The van der Waals surface area contributed by atoms with Gasteiger partial charge in [-0.2, -0.15) is 5.26 Å². The Labute approximate surface area is 226 Å². The zero-order chi connectivity index (χ0) is 25.1. The third-order valence-electron chi connectivity index (χ3n) is 5.12. The number of nitrogens with one attached hydrogen (secondary N) is 1. The van der Waals surface area contributed by atoms with Crippen LogP contribution >= 0.6 is 58.2 Å². The first-order valence-electron chi connectivity index (χ1n) is 10.2. The molecule has 1 N–H and O–H groups in total. The molecule has 2 amide bonds. The van der Waals surface area contributed by atoms with Crippen LogP contribution in [0.1, 0.15) is 5.56 Å². The minimum atomic E-state index is -0.674. The molecule has 0 radical (unpaired) electrons. The molecule has 35 heavy (non-hydrogen) atoms. The maximum Gasteiger partial charge on any atom is 0.269 e. The van der Waals surface area contributed by atoms with Gasteiger partial charge in [0, 0.05) is 21.4 Å². The van der Waals surface area contributed by atoms with Crippen molar-refractivity contribution < 1.29 is 9.59 Å². The number of thioether (sulfide) groups is 1. The molecule has 0 saturated carbocycles. The van der Waals surface area contributed by atoms with E-state index in [9.17, 15) is 14.9 Å². The number of amides is 2. The van der Waals surface area contributed by atoms with Crippen molar-refractivity contribution in [3.8, 4) is 6.07 Å². The van der Waals surface area contributed by atoms with Crippen molar-refractivity contribution in [2.24, 2.45) is 0 Å². The van der Waals surface area contributed by atoms with Crippen molar-refractivity contribution >= 4 is 81.4 Å². The lowest BCUT2D eigenvalue weighted by Gasteiger charge is -2.18. The zero-order valence-corrected chi connectivity index (χ0v) is 21.6. The van der Waals surface area contributed by atoms with Crippen LogP contribution < -0.4 is 10.2 Å². The Morgan fingerprint density at radius 1 is 0.971 bits per heavy atom. The molecule has 1 heterocycles. The molecule has 3 aromatic rings. The Morgan fingerprint density at radius 2 is 1.71 bits per heavy atom. The highest BCUT2D eigenvalue weighted by atomic mass is 35.5. The van der Waals surface area contributed by atoms with Crippen LogP contribution in [0.3, 0.4) is 0 Å². The summed E-state index contributed by atoms with van der Waals surface area (Å²) in [5.74, 6) is -0.940. The number of carbonyl (C=O) groups is 2. The molecule has 1 aliphatic rings. The van der Waals surface area contributed by atoms with E-state index in [0.717, 1.165) is 17.3 Å². The van der Waals surface area contributed by atoms with Crippen molar-refractivity contribution in [2.75, 3.05) is 10.2 Å². The van der Waals surface area contributed by atoms with Crippen LogP contribution in [0.2, 0.25) is 20.1 Å². The van der Waals surface area contributed by atoms with Crippen LogP contribution in [0.15, 0.2) is 77.3 Å². The van der Waals surface area contributed by atoms with Crippen LogP contribution in [0, 0.1) is 11.3 Å². The third kappa shape index (κ3) is 5.61. The number of benzene rings is 3. The highest BCUT2D eigenvalue weighted by Crippen LogP contribution is 2.42.